The number of nitrogens with zero attached hydrogens (tertiary/aromatic N) is 1. The van der Waals surface area contributed by atoms with Gasteiger partial charge in [-0.05, 0) is 0 Å². The van der Waals surface area contributed by atoms with Crippen molar-refractivity contribution in [1.29, 1.82) is 0 Å². The number of ether oxygens (including phenoxy) is 2. The molecule has 0 radical (unpaired) electrons. The van der Waals surface area contributed by atoms with Gasteiger partial charge in [0.05, 0.1) is 0 Å². The van der Waals surface area contributed by atoms with E-state index >= 15 is 0 Å². The molecule has 0 N–H and O–H groups in total. The Kier molecular flexibility index (Phi) is 13.1. The Bertz CT molecular complexity index is 1160. The Morgan fingerprint density at radius 1 is 0.929 bits per heavy atom. The van der Waals surface area contributed by atoms with Crippen molar-refractivity contribution in [3.8, 4) is 11.5 Å². The molecule has 2 aromatic rings. The summed E-state index contributed by atoms with van der Waals surface area (Å²) in [5, 5.41) is 0. The van der Waals surface area contributed by atoms with Gasteiger partial charge >= 0.3 is 255 Å². The summed E-state index contributed by atoms with van der Waals surface area (Å²) in [6, 6.07) is 11.4. The molecule has 42 heavy (non-hydrogen) atoms. The number of halogens is 3. The summed E-state index contributed by atoms with van der Waals surface area (Å²) in [5.74, 6) is 1.45. The van der Waals surface area contributed by atoms with E-state index in [1.54, 1.807) is 26.4 Å². The van der Waals surface area contributed by atoms with E-state index in [1.165, 1.54) is 29.0 Å². The van der Waals surface area contributed by atoms with E-state index in [-0.39, 0.29) is 11.9 Å². The zero-order valence-electron chi connectivity index (χ0n) is 26.0. The number of rotatable bonds is 16. The first-order valence-electron chi connectivity index (χ1n) is 15.5. The van der Waals surface area contributed by atoms with Gasteiger partial charge in [-0.15, -0.1) is 0 Å². The van der Waals surface area contributed by atoms with Crippen molar-refractivity contribution < 1.29 is 27.4 Å². The van der Waals surface area contributed by atoms with Gasteiger partial charge in [-0.2, -0.15) is 0 Å². The van der Waals surface area contributed by atoms with Crippen LogP contribution in [0.4, 0.5) is 13.2 Å². The third-order valence-corrected chi connectivity index (χ3v) is 24.5. The van der Waals surface area contributed by atoms with Crippen LogP contribution in [0.15, 0.2) is 48.5 Å². The maximum absolute atomic E-state index is 13.5. The molecule has 2 aromatic carbocycles. The fourth-order valence-electron chi connectivity index (χ4n) is 6.24. The van der Waals surface area contributed by atoms with E-state index in [9.17, 15) is 18.0 Å². The van der Waals surface area contributed by atoms with Crippen LogP contribution in [-0.2, 0) is 17.5 Å². The van der Waals surface area contributed by atoms with Crippen LogP contribution in [0.25, 0.3) is 3.59 Å². The number of unbranched alkanes of at least 4 members (excludes halogenated alkanes) is 3. The van der Waals surface area contributed by atoms with E-state index in [0.29, 0.717) is 30.9 Å². The molecular weight excluding hydrogens is 646 g/mol. The molecule has 1 aliphatic rings. The topological polar surface area (TPSA) is 38.8 Å². The second-order valence-corrected chi connectivity index (χ2v) is 24.7. The molecule has 0 bridgehead atoms. The Labute approximate surface area is 254 Å². The Hall–Kier alpha value is -2.16. The van der Waals surface area contributed by atoms with Crippen molar-refractivity contribution >= 4 is 27.9 Å². The Balaban J connectivity index is 2.14. The second-order valence-electron chi connectivity index (χ2n) is 11.6. The van der Waals surface area contributed by atoms with Crippen molar-refractivity contribution in [3.63, 3.8) is 0 Å². The molecule has 1 atom stereocenters. The summed E-state index contributed by atoms with van der Waals surface area (Å²) >= 11 is -3.14. The molecule has 232 valence electrons. The first-order chi connectivity index (χ1) is 20.1. The molecule has 0 unspecified atom stereocenters. The number of hydrogen-bond acceptors (Lipinski definition) is 3. The van der Waals surface area contributed by atoms with Crippen LogP contribution in [0, 0.1) is 0 Å². The van der Waals surface area contributed by atoms with Crippen molar-refractivity contribution in [3.05, 3.63) is 65.2 Å². The molecule has 1 saturated heterocycles. The Morgan fingerprint density at radius 2 is 1.52 bits per heavy atom. The quantitative estimate of drug-likeness (QED) is 0.164. The van der Waals surface area contributed by atoms with Crippen LogP contribution >= 0.6 is 0 Å². The van der Waals surface area contributed by atoms with Crippen LogP contribution < -0.4 is 9.47 Å². The normalized spacial score (nSPS) is 16.3. The third kappa shape index (κ3) is 8.70. The van der Waals surface area contributed by atoms with Gasteiger partial charge in [0.1, 0.15) is 0 Å². The van der Waals surface area contributed by atoms with E-state index in [2.05, 4.69) is 26.8 Å². The minimum atomic E-state index is -4.37. The number of carbonyl (C=O) groups is 1. The van der Waals surface area contributed by atoms with Crippen LogP contribution in [0.5, 0.6) is 11.5 Å². The Morgan fingerprint density at radius 3 is 2.02 bits per heavy atom. The molecule has 8 heteroatoms. The monoisotopic (exact) mass is 695 g/mol. The van der Waals surface area contributed by atoms with Crippen LogP contribution in [0.3, 0.4) is 0 Å². The standard InChI is InChI=1S/C22H21F3NO3.3C4H9.Sn/c1-28-19-11-6-16(20(13-19)29-2)14-26-18(10-12-21(26)27)9-5-15-3-7-17(8-4-15)22(23,24)25;3*1-3-4-2;/h3-4,6-9,11,13,18H,10,12,14H2,1-2H3;3*1,3-4H2,2H3;/t18-;;;;/m0..../s1. The zero-order chi connectivity index (χ0) is 30.8. The van der Waals surface area contributed by atoms with Gasteiger partial charge in [0.15, 0.2) is 0 Å². The zero-order valence-corrected chi connectivity index (χ0v) is 28.8. The molecule has 0 saturated carbocycles. The van der Waals surface area contributed by atoms with Gasteiger partial charge in [-0.1, -0.05) is 0 Å². The summed E-state index contributed by atoms with van der Waals surface area (Å²) in [6.07, 6.45) is 5.82. The number of likely N-dealkylation sites (tertiary alicyclic amines) is 1. The molecule has 1 aliphatic heterocycles. The number of carbonyl (C=O) groups excluding carboxylic acids is 1. The van der Waals surface area contributed by atoms with Gasteiger partial charge in [-0.25, -0.2) is 0 Å². The SMILES string of the molecule is CCC[CH2][Sn]([CH2]CCC)([CH2]CCC)/[C](=C/[C@H]1CCC(=O)N1Cc1ccc(OC)cc1OC)c1ccc(C(F)(F)F)cc1. The average molecular weight is 694 g/mol. The van der Waals surface area contributed by atoms with Crippen LogP contribution in [-0.4, -0.2) is 49.4 Å². The molecule has 1 fully saturated rings. The van der Waals surface area contributed by atoms with Gasteiger partial charge in [-0.3, -0.25) is 0 Å². The van der Waals surface area contributed by atoms with E-state index in [1.807, 2.05) is 23.1 Å². The predicted octanol–water partition coefficient (Wildman–Crippen LogP) is 9.69. The molecular formula is C34H48F3NO3Sn. The fraction of sp³-hybridized carbons (Fsp3) is 0.559. The van der Waals surface area contributed by atoms with Gasteiger partial charge in [0.2, 0.25) is 0 Å². The van der Waals surface area contributed by atoms with Crippen molar-refractivity contribution in [2.45, 2.75) is 104 Å². The number of amides is 1. The van der Waals surface area contributed by atoms with E-state index in [0.717, 1.165) is 49.7 Å². The molecule has 1 amide bonds. The minimum absolute atomic E-state index is 0.0948. The first-order valence-corrected chi connectivity index (χ1v) is 23.0. The maximum atomic E-state index is 13.5. The summed E-state index contributed by atoms with van der Waals surface area (Å²) in [5.41, 5.74) is 1.20. The molecule has 0 aliphatic carbocycles. The average Bonchev–Trinajstić information content (AvgIpc) is 3.33. The number of hydrogen-bond donors (Lipinski definition) is 0. The van der Waals surface area contributed by atoms with Crippen molar-refractivity contribution in [2.24, 2.45) is 0 Å². The molecule has 3 rings (SSSR count). The summed E-state index contributed by atoms with van der Waals surface area (Å²) < 4.78 is 56.4. The third-order valence-electron chi connectivity index (χ3n) is 8.69. The number of alkyl halides is 3. The van der Waals surface area contributed by atoms with E-state index in [4.69, 9.17) is 9.47 Å². The van der Waals surface area contributed by atoms with Crippen molar-refractivity contribution in [1.82, 2.24) is 4.90 Å². The fourth-order valence-corrected chi connectivity index (χ4v) is 23.3. The van der Waals surface area contributed by atoms with Crippen LogP contribution in [0.2, 0.25) is 13.3 Å². The van der Waals surface area contributed by atoms with Gasteiger partial charge in [0, 0.05) is 0 Å². The molecule has 1 heterocycles. The number of benzene rings is 2. The summed E-state index contributed by atoms with van der Waals surface area (Å²) in [4.78, 5) is 15.2. The molecule has 0 aromatic heterocycles. The van der Waals surface area contributed by atoms with Gasteiger partial charge < -0.3 is 0 Å². The van der Waals surface area contributed by atoms with Gasteiger partial charge in [0.25, 0.3) is 0 Å². The van der Waals surface area contributed by atoms with E-state index < -0.39 is 30.1 Å². The molecule has 4 nitrogen and oxygen atoms in total. The van der Waals surface area contributed by atoms with Crippen LogP contribution in [0.1, 0.15) is 88.8 Å². The molecule has 0 spiro atoms. The predicted molar refractivity (Wildman–Crippen MR) is 167 cm³/mol. The van der Waals surface area contributed by atoms with Crippen molar-refractivity contribution in [2.75, 3.05) is 14.2 Å². The number of methoxy groups -OCH3 is 2. The summed E-state index contributed by atoms with van der Waals surface area (Å²) in [7, 11) is 3.22. The summed E-state index contributed by atoms with van der Waals surface area (Å²) in [6.45, 7) is 7.07. The second kappa shape index (κ2) is 16.1. The first kappa shape index (κ1) is 34.3.